The van der Waals surface area contributed by atoms with Crippen molar-refractivity contribution >= 4 is 11.6 Å². The van der Waals surface area contributed by atoms with E-state index in [-0.39, 0.29) is 11.9 Å². The minimum Gasteiger partial charge on any atom is -0.385 e. The third-order valence-electron chi connectivity index (χ3n) is 3.08. The van der Waals surface area contributed by atoms with Crippen molar-refractivity contribution in [2.75, 3.05) is 11.9 Å². The molecule has 0 radical (unpaired) electrons. The van der Waals surface area contributed by atoms with E-state index in [1.54, 1.807) is 0 Å². The first-order chi connectivity index (χ1) is 8.54. The molecule has 3 heteroatoms. The van der Waals surface area contributed by atoms with Gasteiger partial charge in [-0.25, -0.2) is 0 Å². The van der Waals surface area contributed by atoms with Crippen molar-refractivity contribution in [2.45, 2.75) is 40.2 Å². The third-order valence-corrected chi connectivity index (χ3v) is 3.08. The van der Waals surface area contributed by atoms with E-state index in [9.17, 15) is 4.79 Å². The summed E-state index contributed by atoms with van der Waals surface area (Å²) in [5.74, 6) is 0.442. The largest absolute Gasteiger partial charge is 0.385 e. The maximum atomic E-state index is 12.0. The third kappa shape index (κ3) is 4.40. The Morgan fingerprint density at radius 1 is 1.17 bits per heavy atom. The minimum atomic E-state index is -0.00163. The number of nitrogens with one attached hydrogen (secondary N) is 2. The molecule has 0 heterocycles. The molecule has 0 aliphatic rings. The average Bonchev–Trinajstić information content (AvgIpc) is 2.36. The van der Waals surface area contributed by atoms with Gasteiger partial charge < -0.3 is 10.6 Å². The first kappa shape index (κ1) is 14.6. The smallest absolute Gasteiger partial charge is 0.251 e. The molecule has 100 valence electrons. The van der Waals surface area contributed by atoms with E-state index in [0.717, 1.165) is 18.7 Å². The van der Waals surface area contributed by atoms with Gasteiger partial charge in [0.1, 0.15) is 0 Å². The average molecular weight is 248 g/mol. The standard InChI is InChI=1S/C15H24N2O/c1-5-10-16-14-8-6-13(7-9-14)15(18)17-12(4)11(2)3/h6-9,11-12,16H,5,10H2,1-4H3,(H,17,18). The van der Waals surface area contributed by atoms with Gasteiger partial charge in [-0.3, -0.25) is 4.79 Å². The molecule has 1 rings (SSSR count). The van der Waals surface area contributed by atoms with Gasteiger partial charge >= 0.3 is 0 Å². The lowest BCUT2D eigenvalue weighted by molar-refractivity contribution is 0.0930. The molecule has 3 nitrogen and oxygen atoms in total. The van der Waals surface area contributed by atoms with Crippen LogP contribution in [0.1, 0.15) is 44.5 Å². The molecule has 1 aromatic carbocycles. The molecule has 0 saturated heterocycles. The summed E-state index contributed by atoms with van der Waals surface area (Å²) in [5.41, 5.74) is 1.77. The van der Waals surface area contributed by atoms with Gasteiger partial charge in [-0.05, 0) is 43.5 Å². The Hall–Kier alpha value is -1.51. The van der Waals surface area contributed by atoms with Crippen LogP contribution in [0.3, 0.4) is 0 Å². The summed E-state index contributed by atoms with van der Waals surface area (Å²) in [6, 6.07) is 7.81. The number of carbonyl (C=O) groups is 1. The lowest BCUT2D eigenvalue weighted by Gasteiger charge is -2.17. The van der Waals surface area contributed by atoms with Crippen LogP contribution in [0.2, 0.25) is 0 Å². The molecule has 1 atom stereocenters. The highest BCUT2D eigenvalue weighted by Crippen LogP contribution is 2.10. The van der Waals surface area contributed by atoms with Crippen molar-refractivity contribution in [1.29, 1.82) is 0 Å². The summed E-state index contributed by atoms with van der Waals surface area (Å²) in [4.78, 5) is 12.0. The fourth-order valence-corrected chi connectivity index (χ4v) is 1.47. The number of carbonyl (C=O) groups excluding carboxylic acids is 1. The van der Waals surface area contributed by atoms with Gasteiger partial charge in [-0.2, -0.15) is 0 Å². The molecule has 0 saturated carbocycles. The van der Waals surface area contributed by atoms with Crippen molar-refractivity contribution in [3.8, 4) is 0 Å². The Labute approximate surface area is 110 Å². The molecule has 0 spiro atoms. The van der Waals surface area contributed by atoms with E-state index in [1.165, 1.54) is 0 Å². The maximum absolute atomic E-state index is 12.0. The second kappa shape index (κ2) is 7.04. The highest BCUT2D eigenvalue weighted by Gasteiger charge is 2.12. The molecular weight excluding hydrogens is 224 g/mol. The topological polar surface area (TPSA) is 41.1 Å². The zero-order valence-electron chi connectivity index (χ0n) is 11.8. The number of hydrogen-bond acceptors (Lipinski definition) is 2. The summed E-state index contributed by atoms with van der Waals surface area (Å²) in [6.45, 7) is 9.31. The molecular formula is C15H24N2O. The highest BCUT2D eigenvalue weighted by molar-refractivity contribution is 5.94. The predicted octanol–water partition coefficient (Wildman–Crippen LogP) is 3.28. The SMILES string of the molecule is CCCNc1ccc(C(=O)NC(C)C(C)C)cc1. The van der Waals surface area contributed by atoms with Crippen molar-refractivity contribution < 1.29 is 4.79 Å². The Morgan fingerprint density at radius 2 is 1.78 bits per heavy atom. The molecule has 0 aromatic heterocycles. The molecule has 1 amide bonds. The molecule has 1 unspecified atom stereocenters. The fraction of sp³-hybridized carbons (Fsp3) is 0.533. The molecule has 0 bridgehead atoms. The van der Waals surface area contributed by atoms with Gasteiger partial charge in [-0.1, -0.05) is 20.8 Å². The van der Waals surface area contributed by atoms with Gasteiger partial charge in [0, 0.05) is 23.8 Å². The summed E-state index contributed by atoms with van der Waals surface area (Å²) >= 11 is 0. The number of benzene rings is 1. The van der Waals surface area contributed by atoms with E-state index in [1.807, 2.05) is 31.2 Å². The van der Waals surface area contributed by atoms with E-state index in [0.29, 0.717) is 11.5 Å². The van der Waals surface area contributed by atoms with Crippen LogP contribution in [0, 0.1) is 5.92 Å². The summed E-state index contributed by atoms with van der Waals surface area (Å²) in [5, 5.41) is 6.29. The Kier molecular flexibility index (Phi) is 5.69. The zero-order chi connectivity index (χ0) is 13.5. The Bertz CT molecular complexity index is 371. The van der Waals surface area contributed by atoms with Crippen molar-refractivity contribution in [3.05, 3.63) is 29.8 Å². The number of amides is 1. The van der Waals surface area contributed by atoms with Gasteiger partial charge in [0.15, 0.2) is 0 Å². The minimum absolute atomic E-state index is 0.00163. The van der Waals surface area contributed by atoms with Gasteiger partial charge in [0.25, 0.3) is 5.91 Å². The summed E-state index contributed by atoms with van der Waals surface area (Å²) < 4.78 is 0. The number of anilines is 1. The van der Waals surface area contributed by atoms with Crippen LogP contribution in [0.4, 0.5) is 5.69 Å². The molecule has 1 aromatic rings. The Balaban J connectivity index is 2.59. The van der Waals surface area contributed by atoms with Crippen LogP contribution in [-0.4, -0.2) is 18.5 Å². The second-order valence-corrected chi connectivity index (χ2v) is 5.01. The molecule has 0 aliphatic carbocycles. The first-order valence-electron chi connectivity index (χ1n) is 6.69. The van der Waals surface area contributed by atoms with Crippen LogP contribution < -0.4 is 10.6 Å². The molecule has 0 fully saturated rings. The normalized spacial score (nSPS) is 12.3. The van der Waals surface area contributed by atoms with Crippen molar-refractivity contribution in [3.63, 3.8) is 0 Å². The van der Waals surface area contributed by atoms with Crippen molar-refractivity contribution in [2.24, 2.45) is 5.92 Å². The predicted molar refractivity (Wildman–Crippen MR) is 77.0 cm³/mol. The molecule has 18 heavy (non-hydrogen) atoms. The maximum Gasteiger partial charge on any atom is 0.251 e. The van der Waals surface area contributed by atoms with Gasteiger partial charge in [0.2, 0.25) is 0 Å². The summed E-state index contributed by atoms with van der Waals surface area (Å²) in [6.07, 6.45) is 1.09. The van der Waals surface area contributed by atoms with Crippen LogP contribution in [0.25, 0.3) is 0 Å². The lowest BCUT2D eigenvalue weighted by Crippen LogP contribution is -2.36. The van der Waals surface area contributed by atoms with E-state index >= 15 is 0 Å². The molecule has 0 aliphatic heterocycles. The van der Waals surface area contributed by atoms with Gasteiger partial charge in [0.05, 0.1) is 0 Å². The van der Waals surface area contributed by atoms with Gasteiger partial charge in [-0.15, -0.1) is 0 Å². The molecule has 2 N–H and O–H groups in total. The fourth-order valence-electron chi connectivity index (χ4n) is 1.47. The van der Waals surface area contributed by atoms with Crippen molar-refractivity contribution in [1.82, 2.24) is 5.32 Å². The van der Waals surface area contributed by atoms with Crippen LogP contribution >= 0.6 is 0 Å². The lowest BCUT2D eigenvalue weighted by atomic mass is 10.1. The second-order valence-electron chi connectivity index (χ2n) is 5.01. The number of rotatable bonds is 6. The van der Waals surface area contributed by atoms with Crippen LogP contribution in [-0.2, 0) is 0 Å². The monoisotopic (exact) mass is 248 g/mol. The number of hydrogen-bond donors (Lipinski definition) is 2. The highest BCUT2D eigenvalue weighted by atomic mass is 16.1. The summed E-state index contributed by atoms with van der Waals surface area (Å²) in [7, 11) is 0. The quantitative estimate of drug-likeness (QED) is 0.811. The van der Waals surface area contributed by atoms with E-state index < -0.39 is 0 Å². The first-order valence-corrected chi connectivity index (χ1v) is 6.69. The van der Waals surface area contributed by atoms with Crippen LogP contribution in [0.5, 0.6) is 0 Å². The van der Waals surface area contributed by atoms with E-state index in [4.69, 9.17) is 0 Å². The zero-order valence-corrected chi connectivity index (χ0v) is 11.8. The Morgan fingerprint density at radius 3 is 2.28 bits per heavy atom. The van der Waals surface area contributed by atoms with Crippen LogP contribution in [0.15, 0.2) is 24.3 Å². The van der Waals surface area contributed by atoms with E-state index in [2.05, 4.69) is 31.4 Å².